The van der Waals surface area contributed by atoms with Gasteiger partial charge in [-0.05, 0) is 61.2 Å². The highest BCUT2D eigenvalue weighted by atomic mass is 32.2. The van der Waals surface area contributed by atoms with E-state index >= 15 is 0 Å². The molecule has 0 heterocycles. The highest BCUT2D eigenvalue weighted by Gasteiger charge is 2.29. The van der Waals surface area contributed by atoms with Crippen molar-refractivity contribution in [2.24, 2.45) is 0 Å². The molecular weight excluding hydrogens is 452 g/mol. The molecule has 0 saturated heterocycles. The number of carbonyl (C=O) groups excluding carboxylic acids is 1. The molecule has 0 fully saturated rings. The van der Waals surface area contributed by atoms with Crippen LogP contribution in [0.2, 0.25) is 0 Å². The van der Waals surface area contributed by atoms with Gasteiger partial charge < -0.3 is 14.8 Å². The normalized spacial score (nSPS) is 11.0. The third-order valence-corrected chi connectivity index (χ3v) is 7.13. The lowest BCUT2D eigenvalue weighted by Crippen LogP contribution is -2.41. The maximum Gasteiger partial charge on any atom is 0.264 e. The van der Waals surface area contributed by atoms with E-state index in [4.69, 9.17) is 9.47 Å². The molecule has 0 saturated carbocycles. The molecule has 0 aliphatic heterocycles. The number of ether oxygens (including phenoxy) is 2. The molecule has 1 amide bonds. The second kappa shape index (κ2) is 11.6. The van der Waals surface area contributed by atoms with Crippen molar-refractivity contribution in [2.75, 3.05) is 31.6 Å². The third-order valence-electron chi connectivity index (χ3n) is 5.36. The number of nitrogens with one attached hydrogen (secondary N) is 1. The molecule has 3 rings (SSSR count). The van der Waals surface area contributed by atoms with Gasteiger partial charge in [-0.15, -0.1) is 0 Å². The fourth-order valence-corrected chi connectivity index (χ4v) is 5.06. The van der Waals surface area contributed by atoms with E-state index < -0.39 is 15.9 Å². The molecule has 7 nitrogen and oxygen atoms in total. The molecule has 34 heavy (non-hydrogen) atoms. The lowest BCUT2D eigenvalue weighted by atomic mass is 10.1. The number of sulfonamides is 1. The second-order valence-corrected chi connectivity index (χ2v) is 9.63. The lowest BCUT2D eigenvalue weighted by Gasteiger charge is -2.26. The minimum absolute atomic E-state index is 0.0996. The van der Waals surface area contributed by atoms with Crippen molar-refractivity contribution in [1.29, 1.82) is 0 Å². The van der Waals surface area contributed by atoms with Crippen molar-refractivity contribution in [3.05, 3.63) is 83.9 Å². The molecule has 3 aromatic rings. The van der Waals surface area contributed by atoms with E-state index in [1.54, 1.807) is 37.4 Å². The predicted molar refractivity (Wildman–Crippen MR) is 133 cm³/mol. The largest absolute Gasteiger partial charge is 0.496 e. The number of amides is 1. The number of rotatable bonds is 11. The Kier molecular flexibility index (Phi) is 8.54. The van der Waals surface area contributed by atoms with Crippen LogP contribution in [-0.2, 0) is 21.2 Å². The van der Waals surface area contributed by atoms with Gasteiger partial charge in [0.2, 0.25) is 5.91 Å². The first-order chi connectivity index (χ1) is 16.4. The summed E-state index contributed by atoms with van der Waals surface area (Å²) in [5.41, 5.74) is 2.22. The van der Waals surface area contributed by atoms with E-state index in [2.05, 4.69) is 5.32 Å². The van der Waals surface area contributed by atoms with Gasteiger partial charge in [-0.1, -0.05) is 42.5 Å². The van der Waals surface area contributed by atoms with Crippen molar-refractivity contribution in [1.82, 2.24) is 5.32 Å². The third kappa shape index (κ3) is 6.08. The minimum atomic E-state index is -4.01. The summed E-state index contributed by atoms with van der Waals surface area (Å²) in [6.07, 6.45) is 1.41. The first kappa shape index (κ1) is 25.1. The Bertz CT molecular complexity index is 1210. The summed E-state index contributed by atoms with van der Waals surface area (Å²) >= 11 is 0. The minimum Gasteiger partial charge on any atom is -0.496 e. The average molecular weight is 483 g/mol. The van der Waals surface area contributed by atoms with Crippen molar-refractivity contribution in [2.45, 2.75) is 24.7 Å². The molecule has 0 atom stereocenters. The fourth-order valence-electron chi connectivity index (χ4n) is 3.62. The zero-order valence-electron chi connectivity index (χ0n) is 19.7. The smallest absolute Gasteiger partial charge is 0.264 e. The van der Waals surface area contributed by atoms with Crippen molar-refractivity contribution in [3.63, 3.8) is 0 Å². The van der Waals surface area contributed by atoms with Gasteiger partial charge in [-0.3, -0.25) is 9.10 Å². The molecule has 180 valence electrons. The predicted octanol–water partition coefficient (Wildman–Crippen LogP) is 3.96. The lowest BCUT2D eigenvalue weighted by molar-refractivity contribution is -0.119. The van der Waals surface area contributed by atoms with E-state index in [1.807, 2.05) is 37.3 Å². The second-order valence-electron chi connectivity index (χ2n) is 7.77. The van der Waals surface area contributed by atoms with Gasteiger partial charge in [0.15, 0.2) is 0 Å². The summed E-state index contributed by atoms with van der Waals surface area (Å²) in [5, 5.41) is 2.84. The van der Waals surface area contributed by atoms with E-state index in [0.717, 1.165) is 27.6 Å². The summed E-state index contributed by atoms with van der Waals surface area (Å²) in [6, 6.07) is 21.0. The van der Waals surface area contributed by atoms with Crippen LogP contribution >= 0.6 is 0 Å². The molecule has 0 spiro atoms. The average Bonchev–Trinajstić information content (AvgIpc) is 2.85. The zero-order valence-corrected chi connectivity index (χ0v) is 20.5. The SMILES string of the molecule is COc1ccccc1CCCNC(=O)CN(c1cc(C)ccc1OC)S(=O)(=O)c1ccccc1. The Morgan fingerprint density at radius 3 is 2.29 bits per heavy atom. The fraction of sp³-hybridized carbons (Fsp3) is 0.269. The molecule has 0 aliphatic rings. The van der Waals surface area contributed by atoms with Crippen LogP contribution < -0.4 is 19.1 Å². The number of hydrogen-bond donors (Lipinski definition) is 1. The van der Waals surface area contributed by atoms with Crippen LogP contribution in [0.1, 0.15) is 17.5 Å². The van der Waals surface area contributed by atoms with Crippen molar-refractivity contribution >= 4 is 21.6 Å². The Morgan fingerprint density at radius 1 is 0.912 bits per heavy atom. The Labute approximate surface area is 201 Å². The Balaban J connectivity index is 1.77. The summed E-state index contributed by atoms with van der Waals surface area (Å²) in [6.45, 7) is 1.89. The molecule has 8 heteroatoms. The molecule has 0 bridgehead atoms. The molecule has 0 aromatic heterocycles. The monoisotopic (exact) mass is 482 g/mol. The zero-order chi connectivity index (χ0) is 24.6. The first-order valence-electron chi connectivity index (χ1n) is 11.0. The summed E-state index contributed by atoms with van der Waals surface area (Å²) in [7, 11) is -0.907. The Morgan fingerprint density at radius 2 is 1.59 bits per heavy atom. The molecule has 0 unspecified atom stereocenters. The summed E-state index contributed by atoms with van der Waals surface area (Å²) < 4.78 is 38.9. The number of methoxy groups -OCH3 is 2. The standard InChI is InChI=1S/C26H30N2O5S/c1-20-15-16-25(33-3)23(18-20)28(34(30,31)22-12-5-4-6-13-22)19-26(29)27-17-9-11-21-10-7-8-14-24(21)32-2/h4-8,10,12-16,18H,9,11,17,19H2,1-3H3,(H,27,29). The highest BCUT2D eigenvalue weighted by molar-refractivity contribution is 7.92. The van der Waals surface area contributed by atoms with Gasteiger partial charge in [0.1, 0.15) is 18.0 Å². The Hall–Kier alpha value is -3.52. The topological polar surface area (TPSA) is 84.9 Å². The van der Waals surface area contributed by atoms with E-state index in [0.29, 0.717) is 24.4 Å². The van der Waals surface area contributed by atoms with Crippen LogP contribution in [-0.4, -0.2) is 41.6 Å². The van der Waals surface area contributed by atoms with E-state index in [1.165, 1.54) is 19.2 Å². The van der Waals surface area contributed by atoms with Crippen molar-refractivity contribution < 1.29 is 22.7 Å². The van der Waals surface area contributed by atoms with Gasteiger partial charge in [0.05, 0.1) is 24.8 Å². The maximum absolute atomic E-state index is 13.5. The van der Waals surface area contributed by atoms with Crippen LogP contribution in [0.3, 0.4) is 0 Å². The number of hydrogen-bond acceptors (Lipinski definition) is 5. The molecular formula is C26H30N2O5S. The van der Waals surface area contributed by atoms with Crippen LogP contribution in [0, 0.1) is 6.92 Å². The van der Waals surface area contributed by atoms with Crippen molar-refractivity contribution in [3.8, 4) is 11.5 Å². The summed E-state index contributed by atoms with van der Waals surface area (Å²) in [5.74, 6) is 0.776. The number of para-hydroxylation sites is 1. The van der Waals surface area contributed by atoms with E-state index in [-0.39, 0.29) is 11.4 Å². The molecule has 1 N–H and O–H groups in total. The van der Waals surface area contributed by atoms with Crippen LogP contribution in [0.4, 0.5) is 5.69 Å². The molecule has 0 radical (unpaired) electrons. The van der Waals surface area contributed by atoms with Gasteiger partial charge >= 0.3 is 0 Å². The first-order valence-corrected chi connectivity index (χ1v) is 12.4. The van der Waals surface area contributed by atoms with Crippen LogP contribution in [0.15, 0.2) is 77.7 Å². The molecule has 0 aliphatic carbocycles. The number of nitrogens with zero attached hydrogens (tertiary/aromatic N) is 1. The number of carbonyl (C=O) groups is 1. The number of aryl methyl sites for hydroxylation is 2. The number of anilines is 1. The highest BCUT2D eigenvalue weighted by Crippen LogP contribution is 2.33. The van der Waals surface area contributed by atoms with Gasteiger partial charge in [-0.25, -0.2) is 8.42 Å². The van der Waals surface area contributed by atoms with E-state index in [9.17, 15) is 13.2 Å². The van der Waals surface area contributed by atoms with Gasteiger partial charge in [0.25, 0.3) is 10.0 Å². The quantitative estimate of drug-likeness (QED) is 0.418. The van der Waals surface area contributed by atoms with Crippen LogP contribution in [0.25, 0.3) is 0 Å². The summed E-state index contributed by atoms with van der Waals surface area (Å²) in [4.78, 5) is 12.9. The maximum atomic E-state index is 13.5. The number of benzene rings is 3. The van der Waals surface area contributed by atoms with Crippen LogP contribution in [0.5, 0.6) is 11.5 Å². The van der Waals surface area contributed by atoms with Gasteiger partial charge in [-0.2, -0.15) is 0 Å². The molecule has 3 aromatic carbocycles. The van der Waals surface area contributed by atoms with Gasteiger partial charge in [0, 0.05) is 6.54 Å².